The molecule has 0 saturated carbocycles. The van der Waals surface area contributed by atoms with Crippen molar-refractivity contribution >= 4 is 71.3 Å². The summed E-state index contributed by atoms with van der Waals surface area (Å²) in [6.07, 6.45) is 14.9. The van der Waals surface area contributed by atoms with Gasteiger partial charge in [0.05, 0.1) is 29.1 Å². The summed E-state index contributed by atoms with van der Waals surface area (Å²) in [5.41, 5.74) is 6.15. The number of anilines is 2. The molecule has 6 aliphatic heterocycles. The van der Waals surface area contributed by atoms with Crippen molar-refractivity contribution < 1.29 is 33.6 Å². The van der Waals surface area contributed by atoms with Crippen LogP contribution in [0.1, 0.15) is 72.9 Å². The fourth-order valence-electron chi connectivity index (χ4n) is 9.92. The van der Waals surface area contributed by atoms with Crippen LogP contribution in [0.5, 0.6) is 0 Å². The standard InChI is InChI=1S/C28H33N5O3.C21H26N4O3.C7H9NO.ClH/c1-20(31-36-19-21-6-4-3-5-7-21)24-17-33(18-24)25(34)9-8-22-14-23-15-28(10-12-32(2)13-11-28)27(35)30-26(23)29-16-22;1-14(26)17-12-25(13-17)18(27)4-3-15-9-16-10-21(5-7-24(2)8-6-21)20(28)23-19(16)22-11-15;8-9-6-7-4-2-1-3-5-7;/h3-9,14,16,24H,10-13,15,17-19H2,1-2H3,(H,29,30,35);3-4,9,11,17H,5-8,10,12-13H2,1-2H3,(H,22,23,28);1-5H,6,8H2;1H/b9-8+,31-20+;4-3+;;. The number of likely N-dealkylation sites (tertiary alicyclic amines) is 4. The Morgan fingerprint density at radius 3 is 1.51 bits per heavy atom. The molecule has 10 rings (SSSR count). The molecule has 8 heterocycles. The molecule has 4 N–H and O–H groups in total. The van der Waals surface area contributed by atoms with Crippen LogP contribution in [0.3, 0.4) is 0 Å². The van der Waals surface area contributed by atoms with Gasteiger partial charge in [0, 0.05) is 56.6 Å². The number of hydrogen-bond acceptors (Lipinski definition) is 13. The number of halogens is 1. The molecular weight excluding hydrogens is 960 g/mol. The first-order chi connectivity index (χ1) is 35.2. The molecule has 4 amide bonds. The topological polar surface area (TPSA) is 205 Å². The highest BCUT2D eigenvalue weighted by atomic mass is 35.5. The molecule has 4 aromatic rings. The number of oxime groups is 1. The van der Waals surface area contributed by atoms with E-state index in [2.05, 4.69) is 54.5 Å². The number of pyridine rings is 2. The number of nitrogens with one attached hydrogen (secondary N) is 2. The molecule has 2 aromatic heterocycles. The summed E-state index contributed by atoms with van der Waals surface area (Å²) in [6.45, 7) is 10.4. The third-order valence-electron chi connectivity index (χ3n) is 15.1. The maximum absolute atomic E-state index is 12.8. The zero-order valence-corrected chi connectivity index (χ0v) is 43.7. The Bertz CT molecular complexity index is 2710. The number of aromatic nitrogens is 2. The zero-order chi connectivity index (χ0) is 51.5. The second-order valence-electron chi connectivity index (χ2n) is 20.4. The maximum Gasteiger partial charge on any atom is 0.246 e. The van der Waals surface area contributed by atoms with Crippen LogP contribution in [0.2, 0.25) is 0 Å². The number of nitrogens with two attached hydrogens (primary N) is 1. The van der Waals surface area contributed by atoms with Crippen molar-refractivity contribution in [2.24, 2.45) is 33.7 Å². The van der Waals surface area contributed by atoms with Crippen LogP contribution in [0.15, 0.2) is 102 Å². The van der Waals surface area contributed by atoms with Gasteiger partial charge in [0.2, 0.25) is 23.6 Å². The number of rotatable bonds is 11. The molecule has 0 unspecified atom stereocenters. The number of fused-ring (bicyclic) bond motifs is 2. The SMILES string of the molecule is C/C(=N\OCc1ccccc1)C1CN(C(=O)/C=C/c2cnc3c(c2)CC2(CCN(C)CC2)C(=O)N3)C1.CC(=O)C1CN(C(=O)/C=C/c2cnc3c(c2)CC2(CCN(C)CC2)C(=O)N3)C1.Cl.NOCc1ccccc1. The van der Waals surface area contributed by atoms with Crippen LogP contribution in [0.25, 0.3) is 12.2 Å². The van der Waals surface area contributed by atoms with Gasteiger partial charge in [-0.05, 0) is 150 Å². The van der Waals surface area contributed by atoms with E-state index in [4.69, 9.17) is 10.7 Å². The van der Waals surface area contributed by atoms with Gasteiger partial charge in [0.25, 0.3) is 0 Å². The molecule has 392 valence electrons. The van der Waals surface area contributed by atoms with Crippen molar-refractivity contribution in [2.75, 3.05) is 77.1 Å². The molecule has 0 radical (unpaired) electrons. The fraction of sp³-hybridized carbons (Fsp3) is 0.429. The monoisotopic (exact) mass is 1030 g/mol. The van der Waals surface area contributed by atoms with Crippen molar-refractivity contribution in [3.05, 3.63) is 131 Å². The second-order valence-corrected chi connectivity index (χ2v) is 20.4. The lowest BCUT2D eigenvalue weighted by Crippen LogP contribution is -2.52. The van der Waals surface area contributed by atoms with Crippen LogP contribution >= 0.6 is 12.4 Å². The number of piperidine rings is 2. The molecule has 18 heteroatoms. The Morgan fingerprint density at radius 1 is 0.676 bits per heavy atom. The first-order valence-corrected chi connectivity index (χ1v) is 25.2. The normalized spacial score (nSPS) is 19.3. The van der Waals surface area contributed by atoms with Crippen molar-refractivity contribution in [1.82, 2.24) is 29.6 Å². The lowest BCUT2D eigenvalue weighted by Gasteiger charge is -2.42. The van der Waals surface area contributed by atoms with Gasteiger partial charge in [0.1, 0.15) is 24.0 Å². The van der Waals surface area contributed by atoms with E-state index in [-0.39, 0.29) is 64.5 Å². The van der Waals surface area contributed by atoms with Gasteiger partial charge < -0.3 is 35.1 Å². The summed E-state index contributed by atoms with van der Waals surface area (Å²) in [5.74, 6) is 6.53. The smallest absolute Gasteiger partial charge is 0.246 e. The number of carbonyl (C=O) groups is 5. The summed E-state index contributed by atoms with van der Waals surface area (Å²) in [5, 5.41) is 10.2. The molecule has 17 nitrogen and oxygen atoms in total. The molecular formula is C56H69ClN10O7. The minimum atomic E-state index is -0.351. The number of Topliss-reactive ketones (excluding diaryl/α,β-unsaturated/α-hetero) is 1. The van der Waals surface area contributed by atoms with Crippen LogP contribution in [0.4, 0.5) is 11.6 Å². The molecule has 4 saturated heterocycles. The lowest BCUT2D eigenvalue weighted by molar-refractivity contribution is -0.137. The Morgan fingerprint density at radius 2 is 1.09 bits per heavy atom. The van der Waals surface area contributed by atoms with Gasteiger partial charge in [0.15, 0.2) is 0 Å². The summed E-state index contributed by atoms with van der Waals surface area (Å²) in [6, 6.07) is 23.8. The quantitative estimate of drug-likeness (QED) is 0.0873. The summed E-state index contributed by atoms with van der Waals surface area (Å²) in [7, 11) is 4.18. The van der Waals surface area contributed by atoms with Crippen LogP contribution in [-0.2, 0) is 59.7 Å². The van der Waals surface area contributed by atoms with Gasteiger partial charge >= 0.3 is 0 Å². The number of hydrogen-bond donors (Lipinski definition) is 3. The molecule has 2 aromatic carbocycles. The van der Waals surface area contributed by atoms with Gasteiger partial charge in [-0.25, -0.2) is 15.9 Å². The minimum Gasteiger partial charge on any atom is -0.391 e. The van der Waals surface area contributed by atoms with Crippen LogP contribution in [-0.4, -0.2) is 131 Å². The molecule has 2 spiro atoms. The first-order valence-electron chi connectivity index (χ1n) is 25.2. The van der Waals surface area contributed by atoms with Crippen molar-refractivity contribution in [2.45, 2.75) is 65.6 Å². The maximum atomic E-state index is 12.8. The number of amides is 4. The number of ketones is 1. The van der Waals surface area contributed by atoms with Gasteiger partial charge in [-0.1, -0.05) is 65.8 Å². The van der Waals surface area contributed by atoms with Crippen molar-refractivity contribution in [3.63, 3.8) is 0 Å². The van der Waals surface area contributed by atoms with Gasteiger partial charge in [-0.2, -0.15) is 0 Å². The largest absolute Gasteiger partial charge is 0.391 e. The van der Waals surface area contributed by atoms with Crippen molar-refractivity contribution in [1.29, 1.82) is 0 Å². The number of nitrogens with zero attached hydrogens (tertiary/aromatic N) is 7. The number of carbonyl (C=O) groups excluding carboxylic acids is 5. The molecule has 0 aliphatic carbocycles. The molecule has 74 heavy (non-hydrogen) atoms. The van der Waals surface area contributed by atoms with E-state index in [1.165, 1.54) is 6.08 Å². The molecule has 0 atom stereocenters. The highest BCUT2D eigenvalue weighted by Crippen LogP contribution is 2.42. The van der Waals surface area contributed by atoms with E-state index in [0.29, 0.717) is 63.9 Å². The van der Waals surface area contributed by atoms with E-state index in [0.717, 1.165) is 91.0 Å². The first kappa shape index (κ1) is 55.1. The highest BCUT2D eigenvalue weighted by Gasteiger charge is 2.46. The van der Waals surface area contributed by atoms with Gasteiger partial charge in [-0.15, -0.1) is 12.4 Å². The highest BCUT2D eigenvalue weighted by molar-refractivity contribution is 5.99. The van der Waals surface area contributed by atoms with Crippen LogP contribution in [0, 0.1) is 22.7 Å². The Balaban J connectivity index is 0.000000187. The second kappa shape index (κ2) is 25.1. The van der Waals surface area contributed by atoms with E-state index < -0.39 is 0 Å². The molecule has 0 bridgehead atoms. The van der Waals surface area contributed by atoms with Crippen molar-refractivity contribution in [3.8, 4) is 0 Å². The number of benzene rings is 2. The predicted octanol–water partition coefficient (Wildman–Crippen LogP) is 6.20. The summed E-state index contributed by atoms with van der Waals surface area (Å²) in [4.78, 5) is 88.4. The summed E-state index contributed by atoms with van der Waals surface area (Å²) < 4.78 is 0. The average molecular weight is 1030 g/mol. The van der Waals surface area contributed by atoms with Gasteiger partial charge in [-0.3, -0.25) is 28.8 Å². The lowest BCUT2D eigenvalue weighted by atomic mass is 9.71. The Labute approximate surface area is 440 Å². The van der Waals surface area contributed by atoms with E-state index >= 15 is 0 Å². The third-order valence-corrected chi connectivity index (χ3v) is 15.1. The van der Waals surface area contributed by atoms with E-state index in [1.807, 2.05) is 85.8 Å². The van der Waals surface area contributed by atoms with E-state index in [1.54, 1.807) is 41.3 Å². The third kappa shape index (κ3) is 13.7. The average Bonchev–Trinajstić information content (AvgIpc) is 3.35. The fourth-order valence-corrected chi connectivity index (χ4v) is 9.92. The van der Waals surface area contributed by atoms with Crippen LogP contribution < -0.4 is 16.5 Å². The minimum absolute atomic E-state index is 0. The summed E-state index contributed by atoms with van der Waals surface area (Å²) >= 11 is 0. The zero-order valence-electron chi connectivity index (χ0n) is 42.8. The Hall–Kier alpha value is -6.63. The Kier molecular flexibility index (Phi) is 18.7. The van der Waals surface area contributed by atoms with E-state index in [9.17, 15) is 24.0 Å². The predicted molar refractivity (Wildman–Crippen MR) is 287 cm³/mol. The molecule has 6 aliphatic rings. The molecule has 4 fully saturated rings.